The highest BCUT2D eigenvalue weighted by Gasteiger charge is 2.33. The van der Waals surface area contributed by atoms with Gasteiger partial charge in [0.15, 0.2) is 0 Å². The monoisotopic (exact) mass is 442 g/mol. The molecule has 5 nitrogen and oxygen atoms in total. The Kier molecular flexibility index (Phi) is 7.37. The van der Waals surface area contributed by atoms with Gasteiger partial charge in [-0.2, -0.15) is 0 Å². The molecule has 0 saturated heterocycles. The van der Waals surface area contributed by atoms with E-state index in [1.165, 1.54) is 12.1 Å². The normalized spacial score (nSPS) is 12.5. The molecule has 1 N–H and O–H groups in total. The van der Waals surface area contributed by atoms with Gasteiger partial charge in [-0.25, -0.2) is 8.42 Å². The van der Waals surface area contributed by atoms with E-state index in [0.29, 0.717) is 10.7 Å². The molecule has 1 atom stereocenters. The summed E-state index contributed by atoms with van der Waals surface area (Å²) in [5.41, 5.74) is 2.78. The first-order chi connectivity index (χ1) is 13.1. The lowest BCUT2D eigenvalue weighted by Gasteiger charge is -2.31. The van der Waals surface area contributed by atoms with Crippen molar-refractivity contribution in [2.75, 3.05) is 15.9 Å². The number of hydrogen-bond donors (Lipinski definition) is 1. The van der Waals surface area contributed by atoms with Crippen LogP contribution < -0.4 is 9.62 Å². The van der Waals surface area contributed by atoms with E-state index in [9.17, 15) is 13.2 Å². The number of carbonyl (C=O) groups is 1. The van der Waals surface area contributed by atoms with Crippen molar-refractivity contribution in [2.24, 2.45) is 0 Å². The van der Waals surface area contributed by atoms with E-state index in [2.05, 4.69) is 5.32 Å². The molecule has 0 spiro atoms. The number of benzene rings is 2. The summed E-state index contributed by atoms with van der Waals surface area (Å²) in [5.74, 6) is -0.423. The molecular weight excluding hydrogens is 419 g/mol. The van der Waals surface area contributed by atoms with Crippen LogP contribution in [0, 0.1) is 6.92 Å². The molecule has 2 aromatic carbocycles. The number of hydrogen-bond acceptors (Lipinski definition) is 3. The summed E-state index contributed by atoms with van der Waals surface area (Å²) in [6.07, 6.45) is 2.05. The zero-order chi connectivity index (χ0) is 21.1. The topological polar surface area (TPSA) is 66.5 Å². The molecule has 8 heteroatoms. The van der Waals surface area contributed by atoms with Crippen LogP contribution in [0.25, 0.3) is 0 Å². The number of carbonyl (C=O) groups excluding carboxylic acids is 1. The Labute approximate surface area is 176 Å². The minimum atomic E-state index is -3.80. The van der Waals surface area contributed by atoms with Crippen LogP contribution >= 0.6 is 23.2 Å². The zero-order valence-corrected chi connectivity index (χ0v) is 18.6. The van der Waals surface area contributed by atoms with Gasteiger partial charge in [0.05, 0.1) is 17.0 Å². The van der Waals surface area contributed by atoms with Crippen molar-refractivity contribution in [1.82, 2.24) is 0 Å². The van der Waals surface area contributed by atoms with E-state index in [-0.39, 0.29) is 17.1 Å². The highest BCUT2D eigenvalue weighted by molar-refractivity contribution is 7.92. The van der Waals surface area contributed by atoms with Crippen LogP contribution in [0.5, 0.6) is 0 Å². The summed E-state index contributed by atoms with van der Waals surface area (Å²) >= 11 is 12.3. The van der Waals surface area contributed by atoms with Crippen LogP contribution in [-0.2, 0) is 21.2 Å². The molecule has 0 aliphatic rings. The molecule has 0 heterocycles. The van der Waals surface area contributed by atoms with Gasteiger partial charge in [0.2, 0.25) is 15.9 Å². The molecule has 0 radical (unpaired) electrons. The summed E-state index contributed by atoms with van der Waals surface area (Å²) in [6.45, 7) is 5.65. The lowest BCUT2D eigenvalue weighted by Crippen LogP contribution is -2.47. The molecule has 0 fully saturated rings. The van der Waals surface area contributed by atoms with Gasteiger partial charge in [-0.3, -0.25) is 9.10 Å². The number of amides is 1. The number of aryl methyl sites for hydroxylation is 2. The Morgan fingerprint density at radius 3 is 2.43 bits per heavy atom. The van der Waals surface area contributed by atoms with Crippen LogP contribution in [0.3, 0.4) is 0 Å². The van der Waals surface area contributed by atoms with Gasteiger partial charge < -0.3 is 5.32 Å². The molecular formula is C20H24Cl2N2O3S. The summed E-state index contributed by atoms with van der Waals surface area (Å²) in [5, 5.41) is 3.45. The Bertz CT molecular complexity index is 977. The standard InChI is InChI=1S/C20H24Cl2N2O3S/c1-5-14-9-7-8-13(3)19(14)23-20(25)17(6-2)24(28(4,26)27)18-12-15(21)10-11-16(18)22/h7-12,17H,5-6H2,1-4H3,(H,23,25). The molecule has 0 aromatic heterocycles. The van der Waals surface area contributed by atoms with Gasteiger partial charge in [0, 0.05) is 10.7 Å². The first-order valence-electron chi connectivity index (χ1n) is 8.93. The third-order valence-corrected chi connectivity index (χ3v) is 6.18. The smallest absolute Gasteiger partial charge is 0.248 e. The minimum Gasteiger partial charge on any atom is -0.324 e. The van der Waals surface area contributed by atoms with E-state index >= 15 is 0 Å². The second-order valence-corrected chi connectivity index (χ2v) is 9.23. The molecule has 2 aromatic rings. The molecule has 152 valence electrons. The Balaban J connectivity index is 2.50. The van der Waals surface area contributed by atoms with Crippen molar-refractivity contribution >= 4 is 50.5 Å². The fraction of sp³-hybridized carbons (Fsp3) is 0.350. The summed E-state index contributed by atoms with van der Waals surface area (Å²) in [7, 11) is -3.80. The Morgan fingerprint density at radius 1 is 1.18 bits per heavy atom. The van der Waals surface area contributed by atoms with Crippen molar-refractivity contribution in [3.05, 3.63) is 57.6 Å². The number of sulfonamides is 1. The maximum atomic E-state index is 13.1. The average Bonchev–Trinajstić information content (AvgIpc) is 2.62. The Morgan fingerprint density at radius 2 is 1.86 bits per heavy atom. The minimum absolute atomic E-state index is 0.180. The molecule has 0 saturated carbocycles. The molecule has 0 bridgehead atoms. The average molecular weight is 443 g/mol. The van der Waals surface area contributed by atoms with Crippen molar-refractivity contribution in [1.29, 1.82) is 0 Å². The first-order valence-corrected chi connectivity index (χ1v) is 11.5. The number of nitrogens with one attached hydrogen (secondary N) is 1. The van der Waals surface area contributed by atoms with Crippen molar-refractivity contribution in [3.8, 4) is 0 Å². The Hall–Kier alpha value is -1.76. The number of para-hydroxylation sites is 1. The highest BCUT2D eigenvalue weighted by atomic mass is 35.5. The van der Waals surface area contributed by atoms with E-state index in [0.717, 1.165) is 28.1 Å². The summed E-state index contributed by atoms with van der Waals surface area (Å²) in [6, 6.07) is 9.31. The quantitative estimate of drug-likeness (QED) is 0.652. The van der Waals surface area contributed by atoms with Gasteiger partial charge in [0.25, 0.3) is 0 Å². The van der Waals surface area contributed by atoms with E-state index in [1.54, 1.807) is 13.0 Å². The van der Waals surface area contributed by atoms with Crippen LogP contribution in [0.1, 0.15) is 31.4 Å². The van der Waals surface area contributed by atoms with Gasteiger partial charge in [-0.1, -0.05) is 55.2 Å². The third-order valence-electron chi connectivity index (χ3n) is 4.46. The molecule has 28 heavy (non-hydrogen) atoms. The fourth-order valence-electron chi connectivity index (χ4n) is 3.10. The van der Waals surface area contributed by atoms with E-state index < -0.39 is 22.0 Å². The SMILES string of the molecule is CCc1cccc(C)c1NC(=O)C(CC)N(c1cc(Cl)ccc1Cl)S(C)(=O)=O. The predicted octanol–water partition coefficient (Wildman–Crippen LogP) is 5.05. The maximum absolute atomic E-state index is 13.1. The molecule has 0 aliphatic carbocycles. The number of anilines is 2. The van der Waals surface area contributed by atoms with Crippen molar-refractivity contribution in [2.45, 2.75) is 39.7 Å². The number of halogens is 2. The van der Waals surface area contributed by atoms with E-state index in [4.69, 9.17) is 23.2 Å². The second-order valence-electron chi connectivity index (χ2n) is 6.53. The molecule has 0 aliphatic heterocycles. The van der Waals surface area contributed by atoms with Gasteiger partial charge in [-0.15, -0.1) is 0 Å². The van der Waals surface area contributed by atoms with Crippen LogP contribution in [-0.4, -0.2) is 26.6 Å². The second kappa shape index (κ2) is 9.16. The van der Waals surface area contributed by atoms with Gasteiger partial charge in [0.1, 0.15) is 6.04 Å². The van der Waals surface area contributed by atoms with Crippen molar-refractivity contribution in [3.63, 3.8) is 0 Å². The first kappa shape index (κ1) is 22.5. The molecule has 1 amide bonds. The number of rotatable bonds is 7. The predicted molar refractivity (Wildman–Crippen MR) is 117 cm³/mol. The van der Waals surface area contributed by atoms with Crippen molar-refractivity contribution < 1.29 is 13.2 Å². The van der Waals surface area contributed by atoms with Crippen LogP contribution in [0.2, 0.25) is 10.0 Å². The largest absolute Gasteiger partial charge is 0.324 e. The summed E-state index contributed by atoms with van der Waals surface area (Å²) < 4.78 is 26.2. The zero-order valence-electron chi connectivity index (χ0n) is 16.3. The third kappa shape index (κ3) is 4.99. The van der Waals surface area contributed by atoms with E-state index in [1.807, 2.05) is 32.0 Å². The lowest BCUT2D eigenvalue weighted by atomic mass is 10.0. The van der Waals surface area contributed by atoms with Crippen LogP contribution in [0.15, 0.2) is 36.4 Å². The van der Waals surface area contributed by atoms with Gasteiger partial charge >= 0.3 is 0 Å². The molecule has 2 rings (SSSR count). The fourth-order valence-corrected chi connectivity index (χ4v) is 4.74. The molecule has 1 unspecified atom stereocenters. The highest BCUT2D eigenvalue weighted by Crippen LogP contribution is 2.33. The van der Waals surface area contributed by atoms with Gasteiger partial charge in [-0.05, 0) is 49.1 Å². The maximum Gasteiger partial charge on any atom is 0.248 e. The lowest BCUT2D eigenvalue weighted by molar-refractivity contribution is -0.117. The number of nitrogens with zero attached hydrogens (tertiary/aromatic N) is 1. The van der Waals surface area contributed by atoms with Crippen LogP contribution in [0.4, 0.5) is 11.4 Å². The summed E-state index contributed by atoms with van der Waals surface area (Å²) in [4.78, 5) is 13.1.